The van der Waals surface area contributed by atoms with Gasteiger partial charge in [-0.25, -0.2) is 0 Å². The molecule has 4 heterocycles. The van der Waals surface area contributed by atoms with Crippen LogP contribution in [0.25, 0.3) is 84.6 Å². The van der Waals surface area contributed by atoms with Gasteiger partial charge < -0.3 is 9.13 Å². The maximum Gasteiger partial charge on any atom is 0.0890 e. The van der Waals surface area contributed by atoms with Crippen molar-refractivity contribution in [3.8, 4) is 11.4 Å². The molecule has 4 heteroatoms. The van der Waals surface area contributed by atoms with Crippen LogP contribution in [0.3, 0.4) is 0 Å². The zero-order valence-electron chi connectivity index (χ0n) is 27.4. The lowest BCUT2D eigenvalue weighted by Crippen LogP contribution is -1.98. The van der Waals surface area contributed by atoms with Crippen LogP contribution in [0.1, 0.15) is 50.7 Å². The molecule has 0 spiro atoms. The molecule has 0 saturated heterocycles. The molecule has 4 aromatic heterocycles. The SMILES string of the molecule is CC(C)c1cc(-n2c3ccccc3c3ccccc32)cc2c1sc1sc3c(C(C)C)cc(-n4c5ccccc5c5ccccc54)cc3c12. The van der Waals surface area contributed by atoms with Gasteiger partial charge in [-0.2, -0.15) is 0 Å². The summed E-state index contributed by atoms with van der Waals surface area (Å²) in [5.74, 6) is 0.804. The predicted octanol–water partition coefficient (Wildman–Crippen LogP) is 13.7. The zero-order chi connectivity index (χ0) is 32.3. The Kier molecular flexibility index (Phi) is 6.04. The van der Waals surface area contributed by atoms with Gasteiger partial charge in [-0.15, -0.1) is 22.7 Å². The Morgan fingerprint density at radius 3 is 1.08 bits per heavy atom. The van der Waals surface area contributed by atoms with Crippen LogP contribution in [0.5, 0.6) is 0 Å². The molecule has 0 N–H and O–H groups in total. The zero-order valence-corrected chi connectivity index (χ0v) is 29.0. The Hall–Kier alpha value is -4.90. The van der Waals surface area contributed by atoms with Crippen molar-refractivity contribution in [3.05, 3.63) is 132 Å². The molecule has 10 rings (SSSR count). The molecular formula is C44H34N2S2. The molecule has 0 bridgehead atoms. The number of para-hydroxylation sites is 4. The predicted molar refractivity (Wildman–Crippen MR) is 212 cm³/mol. The van der Waals surface area contributed by atoms with Crippen LogP contribution in [0, 0.1) is 0 Å². The fraction of sp³-hybridized carbons (Fsp3) is 0.136. The summed E-state index contributed by atoms with van der Waals surface area (Å²) in [6.07, 6.45) is 0. The van der Waals surface area contributed by atoms with Crippen molar-refractivity contribution in [1.29, 1.82) is 0 Å². The third kappa shape index (κ3) is 3.85. The van der Waals surface area contributed by atoms with Gasteiger partial charge in [0.1, 0.15) is 0 Å². The first-order chi connectivity index (χ1) is 23.5. The van der Waals surface area contributed by atoms with Crippen molar-refractivity contribution in [1.82, 2.24) is 9.13 Å². The number of aromatic nitrogens is 2. The molecule has 0 aliphatic heterocycles. The second-order valence-electron chi connectivity index (χ2n) is 13.7. The van der Waals surface area contributed by atoms with E-state index in [1.165, 1.54) is 95.7 Å². The van der Waals surface area contributed by atoms with Gasteiger partial charge in [-0.05, 0) is 71.5 Å². The molecule has 48 heavy (non-hydrogen) atoms. The van der Waals surface area contributed by atoms with E-state index in [0.717, 1.165) is 0 Å². The molecule has 0 fully saturated rings. The molecule has 0 aliphatic carbocycles. The molecule has 0 amide bonds. The minimum absolute atomic E-state index is 0.402. The topological polar surface area (TPSA) is 9.86 Å². The summed E-state index contributed by atoms with van der Waals surface area (Å²) in [4.78, 5) is 0. The Morgan fingerprint density at radius 2 is 0.750 bits per heavy atom. The van der Waals surface area contributed by atoms with Gasteiger partial charge in [-0.1, -0.05) is 100 Å². The van der Waals surface area contributed by atoms with E-state index in [0.29, 0.717) is 11.8 Å². The van der Waals surface area contributed by atoms with Crippen molar-refractivity contribution in [3.63, 3.8) is 0 Å². The van der Waals surface area contributed by atoms with Crippen LogP contribution in [-0.4, -0.2) is 9.13 Å². The molecule has 10 aromatic rings. The fourth-order valence-corrected chi connectivity index (χ4v) is 11.1. The summed E-state index contributed by atoms with van der Waals surface area (Å²) in [7, 11) is 0. The molecule has 0 atom stereocenters. The Bertz CT molecular complexity index is 2600. The third-order valence-corrected chi connectivity index (χ3v) is 12.9. The number of rotatable bonds is 4. The lowest BCUT2D eigenvalue weighted by Gasteiger charge is -2.15. The van der Waals surface area contributed by atoms with Crippen molar-refractivity contribution < 1.29 is 0 Å². The Labute approximate surface area is 287 Å². The van der Waals surface area contributed by atoms with Crippen LogP contribution in [0.15, 0.2) is 121 Å². The first-order valence-corrected chi connectivity index (χ1v) is 18.5. The van der Waals surface area contributed by atoms with Crippen LogP contribution in [0.2, 0.25) is 0 Å². The van der Waals surface area contributed by atoms with Gasteiger partial charge in [0.05, 0.1) is 26.1 Å². The van der Waals surface area contributed by atoms with Crippen molar-refractivity contribution in [2.75, 3.05) is 0 Å². The van der Waals surface area contributed by atoms with E-state index in [-0.39, 0.29) is 0 Å². The average Bonchev–Trinajstić information content (AvgIpc) is 3.84. The number of nitrogens with zero attached hydrogens (tertiary/aromatic N) is 2. The van der Waals surface area contributed by atoms with Crippen molar-refractivity contribution in [2.24, 2.45) is 0 Å². The van der Waals surface area contributed by atoms with E-state index in [2.05, 4.69) is 158 Å². The molecule has 0 saturated carbocycles. The monoisotopic (exact) mass is 654 g/mol. The molecule has 0 aliphatic rings. The second kappa shape index (κ2) is 10.3. The highest BCUT2D eigenvalue weighted by atomic mass is 32.2. The van der Waals surface area contributed by atoms with Gasteiger partial charge in [-0.3, -0.25) is 0 Å². The van der Waals surface area contributed by atoms with Crippen LogP contribution in [-0.2, 0) is 0 Å². The summed E-state index contributed by atoms with van der Waals surface area (Å²) in [5.41, 5.74) is 10.4. The molecule has 6 aromatic carbocycles. The summed E-state index contributed by atoms with van der Waals surface area (Å²) in [6, 6.07) is 45.3. The first-order valence-electron chi connectivity index (χ1n) is 16.9. The fourth-order valence-electron chi connectivity index (χ4n) is 8.06. The average molecular weight is 655 g/mol. The number of hydrogen-bond donors (Lipinski definition) is 0. The first kappa shape index (κ1) is 28.1. The van der Waals surface area contributed by atoms with Crippen molar-refractivity contribution >= 4 is 95.9 Å². The summed E-state index contributed by atoms with van der Waals surface area (Å²) in [6.45, 7) is 9.36. The minimum atomic E-state index is 0.402. The third-order valence-electron chi connectivity index (χ3n) is 10.3. The smallest absolute Gasteiger partial charge is 0.0890 e. The number of benzene rings is 6. The van der Waals surface area contributed by atoms with E-state index >= 15 is 0 Å². The molecule has 2 nitrogen and oxygen atoms in total. The van der Waals surface area contributed by atoms with E-state index < -0.39 is 0 Å². The summed E-state index contributed by atoms with van der Waals surface area (Å²) < 4.78 is 9.23. The highest BCUT2D eigenvalue weighted by molar-refractivity contribution is 7.44. The summed E-state index contributed by atoms with van der Waals surface area (Å²) in [5, 5.41) is 9.35. The minimum Gasteiger partial charge on any atom is -0.309 e. The van der Waals surface area contributed by atoms with Gasteiger partial charge in [0.2, 0.25) is 0 Å². The van der Waals surface area contributed by atoms with Gasteiger partial charge in [0, 0.05) is 58.5 Å². The number of thiophene rings is 2. The summed E-state index contributed by atoms with van der Waals surface area (Å²) >= 11 is 3.97. The van der Waals surface area contributed by atoms with Gasteiger partial charge >= 0.3 is 0 Å². The maximum atomic E-state index is 2.48. The normalized spacial score (nSPS) is 12.5. The highest BCUT2D eigenvalue weighted by Gasteiger charge is 2.23. The van der Waals surface area contributed by atoms with E-state index in [9.17, 15) is 0 Å². The van der Waals surface area contributed by atoms with Crippen molar-refractivity contribution in [2.45, 2.75) is 39.5 Å². The standard InChI is InChI=1S/C44H34N2S2/c1-25(2)33-21-27(45-37-17-9-5-13-29(37)30-14-6-10-18-38(30)45)23-35-41-36-24-28(22-34(26(3)4)43(36)48-44(41)47-42(33)35)46-39-19-11-7-15-31(39)32-16-8-12-20-40(32)46/h5-26H,1-4H3. The maximum absolute atomic E-state index is 2.48. The molecule has 232 valence electrons. The van der Waals surface area contributed by atoms with E-state index in [1.807, 2.05) is 22.7 Å². The second-order valence-corrected chi connectivity index (χ2v) is 16.0. The highest BCUT2D eigenvalue weighted by Crippen LogP contribution is 2.50. The lowest BCUT2D eigenvalue weighted by molar-refractivity contribution is 0.876. The van der Waals surface area contributed by atoms with Gasteiger partial charge in [0.25, 0.3) is 0 Å². The largest absolute Gasteiger partial charge is 0.309 e. The molecule has 0 unspecified atom stereocenters. The Morgan fingerprint density at radius 1 is 0.417 bits per heavy atom. The lowest BCUT2D eigenvalue weighted by atomic mass is 9.97. The quantitative estimate of drug-likeness (QED) is 0.179. The van der Waals surface area contributed by atoms with Crippen LogP contribution in [0.4, 0.5) is 0 Å². The molecule has 0 radical (unpaired) electrons. The van der Waals surface area contributed by atoms with E-state index in [1.54, 1.807) is 0 Å². The Balaban J connectivity index is 1.33. The molecular weight excluding hydrogens is 621 g/mol. The number of hydrogen-bond acceptors (Lipinski definition) is 2. The number of fused-ring (bicyclic) bond motifs is 11. The van der Waals surface area contributed by atoms with Crippen LogP contribution >= 0.6 is 22.7 Å². The van der Waals surface area contributed by atoms with Gasteiger partial charge in [0.15, 0.2) is 0 Å². The van der Waals surface area contributed by atoms with E-state index in [4.69, 9.17) is 0 Å². The van der Waals surface area contributed by atoms with Crippen LogP contribution < -0.4 is 0 Å².